The standard InChI is InChI=1S/C30H22N4O2/c1-36-21-17-15-19(16-18-21)28-26-27(32-30-31-23-12-6-8-14-25(23)34(28)30)22-11-5-7-13-24(22)33(29(26)35)20-9-3-2-4-10-20/h2-18,28H,1H3,(H,31,32). The lowest BCUT2D eigenvalue weighted by atomic mass is 9.94. The van der Waals surface area contributed by atoms with Crippen LogP contribution in [-0.4, -0.2) is 21.2 Å². The Bertz CT molecular complexity index is 1820. The Morgan fingerprint density at radius 3 is 2.28 bits per heavy atom. The number of fused-ring (bicyclic) bond motifs is 6. The first-order chi connectivity index (χ1) is 17.7. The summed E-state index contributed by atoms with van der Waals surface area (Å²) in [5.74, 6) is 1.48. The van der Waals surface area contributed by atoms with Crippen molar-refractivity contribution in [2.45, 2.75) is 6.04 Å². The first kappa shape index (κ1) is 20.5. The van der Waals surface area contributed by atoms with Crippen molar-refractivity contribution in [3.63, 3.8) is 0 Å². The van der Waals surface area contributed by atoms with E-state index in [2.05, 4.69) is 16.0 Å². The van der Waals surface area contributed by atoms with E-state index >= 15 is 0 Å². The number of nitrogens with one attached hydrogen (secondary N) is 1. The van der Waals surface area contributed by atoms with E-state index in [0.29, 0.717) is 11.5 Å². The molecule has 1 aliphatic rings. The second-order valence-corrected chi connectivity index (χ2v) is 8.88. The minimum Gasteiger partial charge on any atom is -0.497 e. The lowest BCUT2D eigenvalue weighted by molar-refractivity contribution is 0.414. The molecule has 6 nitrogen and oxygen atoms in total. The zero-order valence-electron chi connectivity index (χ0n) is 19.6. The van der Waals surface area contributed by atoms with Crippen LogP contribution in [0.1, 0.15) is 17.2 Å². The first-order valence-corrected chi connectivity index (χ1v) is 11.9. The molecule has 6 aromatic rings. The molecule has 1 unspecified atom stereocenters. The molecule has 3 heterocycles. The molecule has 1 N–H and O–H groups in total. The fourth-order valence-corrected chi connectivity index (χ4v) is 5.32. The number of para-hydroxylation sites is 4. The Morgan fingerprint density at radius 2 is 1.50 bits per heavy atom. The van der Waals surface area contributed by atoms with Gasteiger partial charge in [0, 0.05) is 11.1 Å². The quantitative estimate of drug-likeness (QED) is 0.342. The van der Waals surface area contributed by atoms with E-state index in [9.17, 15) is 4.79 Å². The van der Waals surface area contributed by atoms with E-state index < -0.39 is 0 Å². The summed E-state index contributed by atoms with van der Waals surface area (Å²) in [4.78, 5) is 19.4. The number of imidazole rings is 1. The van der Waals surface area contributed by atoms with E-state index in [1.165, 1.54) is 0 Å². The van der Waals surface area contributed by atoms with Gasteiger partial charge >= 0.3 is 0 Å². The molecule has 0 aliphatic carbocycles. The summed E-state index contributed by atoms with van der Waals surface area (Å²) < 4.78 is 9.36. The molecular formula is C30H22N4O2. The number of aromatic nitrogens is 3. The van der Waals surface area contributed by atoms with Crippen LogP contribution in [0.3, 0.4) is 0 Å². The summed E-state index contributed by atoms with van der Waals surface area (Å²) in [6.07, 6.45) is 0. The molecule has 2 aromatic heterocycles. The molecule has 36 heavy (non-hydrogen) atoms. The van der Waals surface area contributed by atoms with Gasteiger partial charge in [0.15, 0.2) is 0 Å². The van der Waals surface area contributed by atoms with Crippen molar-refractivity contribution in [3.05, 3.63) is 125 Å². The van der Waals surface area contributed by atoms with Crippen LogP contribution in [0, 0.1) is 0 Å². The van der Waals surface area contributed by atoms with Crippen molar-refractivity contribution in [2.24, 2.45) is 0 Å². The largest absolute Gasteiger partial charge is 0.497 e. The second kappa shape index (κ2) is 7.85. The van der Waals surface area contributed by atoms with Crippen molar-refractivity contribution in [1.82, 2.24) is 14.1 Å². The van der Waals surface area contributed by atoms with Crippen molar-refractivity contribution in [3.8, 4) is 11.4 Å². The average molecular weight is 471 g/mol. The summed E-state index contributed by atoms with van der Waals surface area (Å²) >= 11 is 0. The third-order valence-corrected chi connectivity index (χ3v) is 6.93. The van der Waals surface area contributed by atoms with Gasteiger partial charge in [-0.15, -0.1) is 0 Å². The summed E-state index contributed by atoms with van der Waals surface area (Å²) in [7, 11) is 1.65. The van der Waals surface area contributed by atoms with Gasteiger partial charge < -0.3 is 10.1 Å². The molecule has 0 saturated carbocycles. The maximum atomic E-state index is 14.5. The highest BCUT2D eigenvalue weighted by Crippen LogP contribution is 2.43. The highest BCUT2D eigenvalue weighted by Gasteiger charge is 2.34. The highest BCUT2D eigenvalue weighted by atomic mass is 16.5. The lowest BCUT2D eigenvalue weighted by Gasteiger charge is -2.31. The third kappa shape index (κ3) is 2.91. The fraction of sp³-hybridized carbons (Fsp3) is 0.0667. The summed E-state index contributed by atoms with van der Waals surface area (Å²) in [5, 5.41) is 4.49. The zero-order chi connectivity index (χ0) is 24.2. The number of rotatable bonds is 3. The number of ether oxygens (including phenoxy) is 1. The van der Waals surface area contributed by atoms with Gasteiger partial charge in [-0.25, -0.2) is 4.98 Å². The number of pyridine rings is 1. The molecule has 0 spiro atoms. The SMILES string of the molecule is COc1ccc(C2c3c(c4ccccc4n(-c4ccccc4)c3=O)Nc3nc4ccccc4n32)cc1. The van der Waals surface area contributed by atoms with Crippen LogP contribution in [0.15, 0.2) is 108 Å². The van der Waals surface area contributed by atoms with E-state index in [4.69, 9.17) is 9.72 Å². The van der Waals surface area contributed by atoms with Gasteiger partial charge in [0.2, 0.25) is 5.95 Å². The predicted molar refractivity (Wildman–Crippen MR) is 143 cm³/mol. The Kier molecular flexibility index (Phi) is 4.48. The minimum atomic E-state index is -0.373. The summed E-state index contributed by atoms with van der Waals surface area (Å²) in [6, 6.07) is 33.4. The maximum Gasteiger partial charge on any atom is 0.263 e. The Labute approximate surface area is 207 Å². The van der Waals surface area contributed by atoms with Gasteiger partial charge in [0.1, 0.15) is 5.75 Å². The Balaban J connectivity index is 1.62. The van der Waals surface area contributed by atoms with Crippen molar-refractivity contribution >= 4 is 33.6 Å². The molecule has 6 heteroatoms. The minimum absolute atomic E-state index is 0.0633. The molecule has 4 aromatic carbocycles. The Hall–Kier alpha value is -4.84. The number of anilines is 2. The smallest absolute Gasteiger partial charge is 0.263 e. The molecular weight excluding hydrogens is 448 g/mol. The molecule has 0 fully saturated rings. The van der Waals surface area contributed by atoms with Crippen molar-refractivity contribution in [2.75, 3.05) is 12.4 Å². The monoisotopic (exact) mass is 470 g/mol. The number of methoxy groups -OCH3 is 1. The zero-order valence-corrected chi connectivity index (χ0v) is 19.6. The molecule has 174 valence electrons. The van der Waals surface area contributed by atoms with Crippen LogP contribution in [0.25, 0.3) is 27.6 Å². The van der Waals surface area contributed by atoms with Crippen LogP contribution in [-0.2, 0) is 0 Å². The molecule has 0 bridgehead atoms. The number of hydrogen-bond acceptors (Lipinski definition) is 4. The molecule has 1 atom stereocenters. The van der Waals surface area contributed by atoms with Gasteiger partial charge in [-0.2, -0.15) is 0 Å². The molecule has 7 rings (SSSR count). The van der Waals surface area contributed by atoms with E-state index in [1.54, 1.807) is 7.11 Å². The van der Waals surface area contributed by atoms with Crippen molar-refractivity contribution < 1.29 is 4.74 Å². The average Bonchev–Trinajstić information content (AvgIpc) is 3.31. The number of nitrogens with zero attached hydrogens (tertiary/aromatic N) is 3. The Morgan fingerprint density at radius 1 is 0.806 bits per heavy atom. The maximum absolute atomic E-state index is 14.5. The summed E-state index contributed by atoms with van der Waals surface area (Å²) in [6.45, 7) is 0. The van der Waals surface area contributed by atoms with E-state index in [-0.39, 0.29) is 11.6 Å². The van der Waals surface area contributed by atoms with Gasteiger partial charge in [0.05, 0.1) is 41.0 Å². The van der Waals surface area contributed by atoms with E-state index in [1.807, 2.05) is 102 Å². The van der Waals surface area contributed by atoms with Crippen LogP contribution in [0.5, 0.6) is 5.75 Å². The summed E-state index contributed by atoms with van der Waals surface area (Å²) in [5.41, 5.74) is 5.91. The van der Waals surface area contributed by atoms with Crippen molar-refractivity contribution in [1.29, 1.82) is 0 Å². The molecule has 0 amide bonds. The van der Waals surface area contributed by atoms with Gasteiger partial charge in [-0.1, -0.05) is 60.7 Å². The van der Waals surface area contributed by atoms with Gasteiger partial charge in [-0.3, -0.25) is 13.9 Å². The van der Waals surface area contributed by atoms with Crippen LogP contribution in [0.2, 0.25) is 0 Å². The number of benzene rings is 4. The van der Waals surface area contributed by atoms with Crippen LogP contribution >= 0.6 is 0 Å². The van der Waals surface area contributed by atoms with Gasteiger partial charge in [0.25, 0.3) is 5.56 Å². The molecule has 1 aliphatic heterocycles. The second-order valence-electron chi connectivity index (χ2n) is 8.88. The highest BCUT2D eigenvalue weighted by molar-refractivity contribution is 5.97. The third-order valence-electron chi connectivity index (χ3n) is 6.93. The lowest BCUT2D eigenvalue weighted by Crippen LogP contribution is -2.32. The molecule has 0 radical (unpaired) electrons. The topological polar surface area (TPSA) is 61.1 Å². The first-order valence-electron chi connectivity index (χ1n) is 11.9. The fourth-order valence-electron chi connectivity index (χ4n) is 5.32. The van der Waals surface area contributed by atoms with Crippen LogP contribution < -0.4 is 15.6 Å². The van der Waals surface area contributed by atoms with Crippen LogP contribution in [0.4, 0.5) is 11.6 Å². The predicted octanol–water partition coefficient (Wildman–Crippen LogP) is 6.04. The molecule has 0 saturated heterocycles. The normalized spacial score (nSPS) is 14.3. The van der Waals surface area contributed by atoms with E-state index in [0.717, 1.165) is 44.6 Å². The number of hydrogen-bond donors (Lipinski definition) is 1. The van der Waals surface area contributed by atoms with Gasteiger partial charge in [-0.05, 0) is 48.0 Å².